The van der Waals surface area contributed by atoms with Crippen LogP contribution in [0.15, 0.2) is 42.5 Å². The Bertz CT molecular complexity index is 701. The van der Waals surface area contributed by atoms with Crippen LogP contribution in [-0.2, 0) is 6.54 Å². The lowest BCUT2D eigenvalue weighted by Gasteiger charge is -2.18. The highest BCUT2D eigenvalue weighted by Crippen LogP contribution is 2.32. The largest absolute Gasteiger partial charge is 0.493 e. The van der Waals surface area contributed by atoms with E-state index >= 15 is 0 Å². The van der Waals surface area contributed by atoms with Gasteiger partial charge in [-0.1, -0.05) is 18.2 Å². The second-order valence-electron chi connectivity index (χ2n) is 5.60. The first-order valence-corrected chi connectivity index (χ1v) is 7.69. The van der Waals surface area contributed by atoms with Gasteiger partial charge in [-0.15, -0.1) is 0 Å². The Hall–Kier alpha value is -2.40. The Kier molecular flexibility index (Phi) is 4.57. The van der Waals surface area contributed by atoms with Crippen LogP contribution >= 0.6 is 0 Å². The van der Waals surface area contributed by atoms with Crippen molar-refractivity contribution >= 4 is 5.91 Å². The lowest BCUT2D eigenvalue weighted by molar-refractivity contribution is 0.0934. The van der Waals surface area contributed by atoms with Crippen molar-refractivity contribution in [1.82, 2.24) is 5.32 Å². The molecule has 1 aliphatic heterocycles. The second kappa shape index (κ2) is 6.79. The Labute approximate surface area is 134 Å². The van der Waals surface area contributed by atoms with E-state index in [2.05, 4.69) is 5.32 Å². The smallest absolute Gasteiger partial charge is 0.251 e. The molecular formula is C18H19FN2O2. The summed E-state index contributed by atoms with van der Waals surface area (Å²) in [5, 5.41) is 3.02. The molecular weight excluding hydrogens is 295 g/mol. The molecule has 0 bridgehead atoms. The molecule has 23 heavy (non-hydrogen) atoms. The fourth-order valence-electron chi connectivity index (χ4n) is 2.73. The summed E-state index contributed by atoms with van der Waals surface area (Å²) in [6.45, 7) is 0.967. The van der Waals surface area contributed by atoms with E-state index in [1.165, 1.54) is 12.1 Å². The average Bonchev–Trinajstić information content (AvgIpc) is 2.76. The van der Waals surface area contributed by atoms with Gasteiger partial charge < -0.3 is 15.8 Å². The van der Waals surface area contributed by atoms with Gasteiger partial charge in [-0.2, -0.15) is 0 Å². The molecule has 4 nitrogen and oxygen atoms in total. The molecule has 2 aromatic rings. The first-order chi connectivity index (χ1) is 11.2. The van der Waals surface area contributed by atoms with Gasteiger partial charge in [0.15, 0.2) is 0 Å². The Balaban J connectivity index is 1.80. The van der Waals surface area contributed by atoms with Crippen LogP contribution in [0.3, 0.4) is 0 Å². The van der Waals surface area contributed by atoms with E-state index < -0.39 is 0 Å². The molecule has 5 heteroatoms. The predicted molar refractivity (Wildman–Crippen MR) is 85.7 cm³/mol. The van der Waals surface area contributed by atoms with Crippen molar-refractivity contribution in [2.45, 2.75) is 25.4 Å². The lowest BCUT2D eigenvalue weighted by Crippen LogP contribution is -2.28. The van der Waals surface area contributed by atoms with Crippen molar-refractivity contribution in [2.75, 3.05) is 6.61 Å². The quantitative estimate of drug-likeness (QED) is 0.915. The number of carbonyl (C=O) groups is 1. The van der Waals surface area contributed by atoms with Gasteiger partial charge in [-0.05, 0) is 36.6 Å². The summed E-state index contributed by atoms with van der Waals surface area (Å²) in [5.41, 5.74) is 7.94. The number of amides is 1. The van der Waals surface area contributed by atoms with Crippen molar-refractivity contribution in [3.63, 3.8) is 0 Å². The third-order valence-corrected chi connectivity index (χ3v) is 4.00. The normalized spacial score (nSPS) is 16.9. The number of fused-ring (bicyclic) bond motifs is 1. The molecule has 3 rings (SSSR count). The van der Waals surface area contributed by atoms with Crippen molar-refractivity contribution < 1.29 is 13.9 Å². The SMILES string of the molecule is NCc1ccc(C(=O)NC2CCCOc3cc(F)ccc32)cc1. The summed E-state index contributed by atoms with van der Waals surface area (Å²) in [4.78, 5) is 12.4. The van der Waals surface area contributed by atoms with Gasteiger partial charge in [0.05, 0.1) is 12.6 Å². The van der Waals surface area contributed by atoms with Crippen LogP contribution < -0.4 is 15.8 Å². The molecule has 0 saturated carbocycles. The minimum absolute atomic E-state index is 0.157. The molecule has 0 radical (unpaired) electrons. The number of benzene rings is 2. The van der Waals surface area contributed by atoms with Crippen molar-refractivity contribution in [3.8, 4) is 5.75 Å². The summed E-state index contributed by atoms with van der Waals surface area (Å²) >= 11 is 0. The zero-order valence-corrected chi connectivity index (χ0v) is 12.7. The van der Waals surface area contributed by atoms with Crippen LogP contribution in [0, 0.1) is 5.82 Å². The molecule has 0 aromatic heterocycles. The lowest BCUT2D eigenvalue weighted by atomic mass is 10.0. The second-order valence-corrected chi connectivity index (χ2v) is 5.60. The molecule has 1 atom stereocenters. The maximum atomic E-state index is 13.4. The number of nitrogens with one attached hydrogen (secondary N) is 1. The number of carbonyl (C=O) groups excluding carboxylic acids is 1. The van der Waals surface area contributed by atoms with Crippen LogP contribution in [0.25, 0.3) is 0 Å². The molecule has 2 aromatic carbocycles. The molecule has 3 N–H and O–H groups in total. The minimum Gasteiger partial charge on any atom is -0.493 e. The fraction of sp³-hybridized carbons (Fsp3) is 0.278. The Morgan fingerprint density at radius 2 is 2.04 bits per heavy atom. The third-order valence-electron chi connectivity index (χ3n) is 4.00. The third kappa shape index (κ3) is 3.51. The number of hydrogen-bond donors (Lipinski definition) is 2. The van der Waals surface area contributed by atoms with Gasteiger partial charge in [0, 0.05) is 23.7 Å². The summed E-state index contributed by atoms with van der Waals surface area (Å²) in [6, 6.07) is 11.5. The predicted octanol–water partition coefficient (Wildman–Crippen LogP) is 2.93. The van der Waals surface area contributed by atoms with Gasteiger partial charge in [0.25, 0.3) is 5.91 Å². The molecule has 0 spiro atoms. The number of hydrogen-bond acceptors (Lipinski definition) is 3. The monoisotopic (exact) mass is 314 g/mol. The van der Waals surface area contributed by atoms with E-state index in [4.69, 9.17) is 10.5 Å². The molecule has 1 amide bonds. The number of rotatable bonds is 3. The molecule has 1 unspecified atom stereocenters. The highest BCUT2D eigenvalue weighted by molar-refractivity contribution is 5.94. The van der Waals surface area contributed by atoms with Crippen LogP contribution in [0.4, 0.5) is 4.39 Å². The van der Waals surface area contributed by atoms with E-state index in [1.807, 2.05) is 12.1 Å². The van der Waals surface area contributed by atoms with Crippen LogP contribution in [-0.4, -0.2) is 12.5 Å². The van der Waals surface area contributed by atoms with Crippen molar-refractivity contribution in [3.05, 3.63) is 65.0 Å². The topological polar surface area (TPSA) is 64.4 Å². The Morgan fingerprint density at radius 1 is 1.26 bits per heavy atom. The maximum Gasteiger partial charge on any atom is 0.251 e. The molecule has 1 aliphatic rings. The van der Waals surface area contributed by atoms with E-state index in [0.29, 0.717) is 24.5 Å². The first kappa shape index (κ1) is 15.5. The Morgan fingerprint density at radius 3 is 2.78 bits per heavy atom. The summed E-state index contributed by atoms with van der Waals surface area (Å²) in [5.74, 6) is 0.00938. The fourth-order valence-corrected chi connectivity index (χ4v) is 2.73. The van der Waals surface area contributed by atoms with E-state index in [0.717, 1.165) is 24.0 Å². The van der Waals surface area contributed by atoms with Crippen molar-refractivity contribution in [1.29, 1.82) is 0 Å². The zero-order valence-electron chi connectivity index (χ0n) is 12.7. The van der Waals surface area contributed by atoms with Gasteiger partial charge in [-0.3, -0.25) is 4.79 Å². The van der Waals surface area contributed by atoms with E-state index in [-0.39, 0.29) is 17.8 Å². The van der Waals surface area contributed by atoms with Gasteiger partial charge in [0.2, 0.25) is 0 Å². The highest BCUT2D eigenvalue weighted by Gasteiger charge is 2.22. The van der Waals surface area contributed by atoms with Gasteiger partial charge in [0.1, 0.15) is 11.6 Å². The summed E-state index contributed by atoms with van der Waals surface area (Å²) in [6.07, 6.45) is 1.55. The van der Waals surface area contributed by atoms with Crippen LogP contribution in [0.5, 0.6) is 5.75 Å². The van der Waals surface area contributed by atoms with E-state index in [9.17, 15) is 9.18 Å². The van der Waals surface area contributed by atoms with E-state index in [1.54, 1.807) is 18.2 Å². The van der Waals surface area contributed by atoms with Gasteiger partial charge >= 0.3 is 0 Å². The minimum atomic E-state index is -0.340. The maximum absolute atomic E-state index is 13.4. The molecule has 0 saturated heterocycles. The molecule has 0 aliphatic carbocycles. The molecule has 1 heterocycles. The standard InChI is InChI=1S/C18H19FN2O2/c19-14-7-8-15-16(2-1-9-23-17(15)10-14)21-18(22)13-5-3-12(11-20)4-6-13/h3-8,10,16H,1-2,9,11,20H2,(H,21,22). The zero-order chi connectivity index (χ0) is 16.2. The summed E-state index contributed by atoms with van der Waals surface area (Å²) < 4.78 is 18.9. The molecule has 120 valence electrons. The van der Waals surface area contributed by atoms with Crippen LogP contribution in [0.1, 0.15) is 40.4 Å². The van der Waals surface area contributed by atoms with Gasteiger partial charge in [-0.25, -0.2) is 4.39 Å². The number of ether oxygens (including phenoxy) is 1. The van der Waals surface area contributed by atoms with Crippen molar-refractivity contribution in [2.24, 2.45) is 5.73 Å². The average molecular weight is 314 g/mol. The van der Waals surface area contributed by atoms with Crippen LogP contribution in [0.2, 0.25) is 0 Å². The number of nitrogens with two attached hydrogens (primary N) is 1. The highest BCUT2D eigenvalue weighted by atomic mass is 19.1. The summed E-state index contributed by atoms with van der Waals surface area (Å²) in [7, 11) is 0. The first-order valence-electron chi connectivity index (χ1n) is 7.69. The number of halogens is 1. The molecule has 0 fully saturated rings.